The third-order valence-electron chi connectivity index (χ3n) is 2.05. The third kappa shape index (κ3) is 2.83. The van der Waals surface area contributed by atoms with Crippen molar-refractivity contribution in [1.29, 1.82) is 0 Å². The molecule has 0 radical (unpaired) electrons. The van der Waals surface area contributed by atoms with Crippen molar-refractivity contribution in [3.05, 3.63) is 59.9 Å². The molecule has 76 valence electrons. The van der Waals surface area contributed by atoms with E-state index in [1.165, 1.54) is 11.6 Å². The second-order valence-corrected chi connectivity index (χ2v) is 4.52. The summed E-state index contributed by atoms with van der Waals surface area (Å²) in [6.07, 6.45) is 0. The Bertz CT molecular complexity index is 448. The highest BCUT2D eigenvalue weighted by Crippen LogP contribution is 2.27. The molecular formula is C13H11FS. The Morgan fingerprint density at radius 1 is 0.933 bits per heavy atom. The molecule has 2 rings (SSSR count). The molecule has 2 heteroatoms. The third-order valence-corrected chi connectivity index (χ3v) is 3.05. The second kappa shape index (κ2) is 4.49. The van der Waals surface area contributed by atoms with Gasteiger partial charge in [0.25, 0.3) is 0 Å². The van der Waals surface area contributed by atoms with Gasteiger partial charge in [-0.05, 0) is 37.3 Å². The molecule has 0 nitrogen and oxygen atoms in total. The van der Waals surface area contributed by atoms with Gasteiger partial charge in [0.05, 0.1) is 0 Å². The van der Waals surface area contributed by atoms with Gasteiger partial charge in [0.15, 0.2) is 0 Å². The number of hydrogen-bond donors (Lipinski definition) is 0. The van der Waals surface area contributed by atoms with Gasteiger partial charge in [-0.3, -0.25) is 0 Å². The summed E-state index contributed by atoms with van der Waals surface area (Å²) < 4.78 is 12.9. The standard InChI is InChI=1S/C13H11FS/c1-10-5-7-12(8-6-10)15-13-4-2-3-11(14)9-13/h2-9H,1H3. The number of aryl methyl sites for hydroxylation is 1. The molecule has 2 aromatic carbocycles. The molecule has 0 heterocycles. The summed E-state index contributed by atoms with van der Waals surface area (Å²) in [4.78, 5) is 2.06. The molecule has 0 aliphatic rings. The Hall–Kier alpha value is -1.28. The van der Waals surface area contributed by atoms with E-state index in [1.54, 1.807) is 23.9 Å². The molecule has 0 saturated carbocycles. The van der Waals surface area contributed by atoms with Gasteiger partial charge >= 0.3 is 0 Å². The minimum atomic E-state index is -0.188. The maximum absolute atomic E-state index is 12.9. The summed E-state index contributed by atoms with van der Waals surface area (Å²) in [6.45, 7) is 2.05. The Balaban J connectivity index is 2.18. The molecule has 2 aromatic rings. The zero-order valence-corrected chi connectivity index (χ0v) is 9.22. The first-order chi connectivity index (χ1) is 7.24. The molecule has 0 aliphatic heterocycles. The predicted molar refractivity (Wildman–Crippen MR) is 61.7 cm³/mol. The molecule has 0 bridgehead atoms. The lowest BCUT2D eigenvalue weighted by Gasteiger charge is -2.01. The van der Waals surface area contributed by atoms with E-state index in [0.29, 0.717) is 0 Å². The molecule has 0 aliphatic carbocycles. The highest BCUT2D eigenvalue weighted by Gasteiger charge is 1.98. The van der Waals surface area contributed by atoms with Crippen LogP contribution in [0.5, 0.6) is 0 Å². The number of hydrogen-bond acceptors (Lipinski definition) is 1. The van der Waals surface area contributed by atoms with Gasteiger partial charge in [0.2, 0.25) is 0 Å². The van der Waals surface area contributed by atoms with Crippen molar-refractivity contribution in [3.8, 4) is 0 Å². The van der Waals surface area contributed by atoms with Crippen molar-refractivity contribution in [3.63, 3.8) is 0 Å². The Morgan fingerprint density at radius 3 is 2.33 bits per heavy atom. The van der Waals surface area contributed by atoms with E-state index in [-0.39, 0.29) is 5.82 Å². The zero-order valence-electron chi connectivity index (χ0n) is 8.41. The maximum Gasteiger partial charge on any atom is 0.124 e. The molecule has 0 atom stereocenters. The minimum Gasteiger partial charge on any atom is -0.207 e. The number of benzene rings is 2. The fourth-order valence-electron chi connectivity index (χ4n) is 1.27. The molecule has 0 amide bonds. The molecule has 0 saturated heterocycles. The first kappa shape index (κ1) is 10.2. The van der Waals surface area contributed by atoms with Gasteiger partial charge in [0, 0.05) is 9.79 Å². The molecule has 0 spiro atoms. The lowest BCUT2D eigenvalue weighted by atomic mass is 10.2. The van der Waals surface area contributed by atoms with Gasteiger partial charge in [-0.25, -0.2) is 4.39 Å². The van der Waals surface area contributed by atoms with Crippen LogP contribution in [0.2, 0.25) is 0 Å². The minimum absolute atomic E-state index is 0.188. The summed E-state index contributed by atoms with van der Waals surface area (Å²) in [7, 11) is 0. The van der Waals surface area contributed by atoms with Crippen LogP contribution >= 0.6 is 11.8 Å². The first-order valence-corrected chi connectivity index (χ1v) is 5.56. The number of halogens is 1. The fourth-order valence-corrected chi connectivity index (χ4v) is 2.14. The van der Waals surface area contributed by atoms with E-state index in [1.807, 2.05) is 18.2 Å². The van der Waals surface area contributed by atoms with E-state index in [2.05, 4.69) is 19.1 Å². The average molecular weight is 218 g/mol. The van der Waals surface area contributed by atoms with Crippen LogP contribution in [0.4, 0.5) is 4.39 Å². The van der Waals surface area contributed by atoms with Crippen molar-refractivity contribution >= 4 is 11.8 Å². The quantitative estimate of drug-likeness (QED) is 0.724. The zero-order chi connectivity index (χ0) is 10.7. The summed E-state index contributed by atoms with van der Waals surface area (Å²) in [5, 5.41) is 0. The lowest BCUT2D eigenvalue weighted by Crippen LogP contribution is -1.77. The van der Waals surface area contributed by atoms with Gasteiger partial charge < -0.3 is 0 Å². The van der Waals surface area contributed by atoms with Gasteiger partial charge in [-0.1, -0.05) is 35.5 Å². The van der Waals surface area contributed by atoms with E-state index >= 15 is 0 Å². The summed E-state index contributed by atoms with van der Waals surface area (Å²) in [5.74, 6) is -0.188. The van der Waals surface area contributed by atoms with Crippen molar-refractivity contribution in [2.24, 2.45) is 0 Å². The molecule has 0 fully saturated rings. The largest absolute Gasteiger partial charge is 0.207 e. The summed E-state index contributed by atoms with van der Waals surface area (Å²) in [5.41, 5.74) is 1.23. The SMILES string of the molecule is Cc1ccc(Sc2cccc(F)c2)cc1. The smallest absolute Gasteiger partial charge is 0.124 e. The molecule has 0 aromatic heterocycles. The molecule has 15 heavy (non-hydrogen) atoms. The van der Waals surface area contributed by atoms with E-state index < -0.39 is 0 Å². The maximum atomic E-state index is 12.9. The van der Waals surface area contributed by atoms with Crippen LogP contribution in [-0.4, -0.2) is 0 Å². The van der Waals surface area contributed by atoms with Crippen LogP contribution in [0.3, 0.4) is 0 Å². The monoisotopic (exact) mass is 218 g/mol. The van der Waals surface area contributed by atoms with Gasteiger partial charge in [-0.2, -0.15) is 0 Å². The number of rotatable bonds is 2. The van der Waals surface area contributed by atoms with Gasteiger partial charge in [-0.15, -0.1) is 0 Å². The Kier molecular flexibility index (Phi) is 3.07. The molecule has 0 N–H and O–H groups in total. The lowest BCUT2D eigenvalue weighted by molar-refractivity contribution is 0.624. The molecule has 0 unspecified atom stereocenters. The Morgan fingerprint density at radius 2 is 1.67 bits per heavy atom. The topological polar surface area (TPSA) is 0 Å². The summed E-state index contributed by atoms with van der Waals surface area (Å²) in [6, 6.07) is 14.8. The summed E-state index contributed by atoms with van der Waals surface area (Å²) >= 11 is 1.57. The fraction of sp³-hybridized carbons (Fsp3) is 0.0769. The van der Waals surface area contributed by atoms with Crippen molar-refractivity contribution in [1.82, 2.24) is 0 Å². The normalized spacial score (nSPS) is 10.3. The van der Waals surface area contributed by atoms with Crippen molar-refractivity contribution < 1.29 is 4.39 Å². The van der Waals surface area contributed by atoms with Crippen LogP contribution in [-0.2, 0) is 0 Å². The van der Waals surface area contributed by atoms with E-state index in [4.69, 9.17) is 0 Å². The van der Waals surface area contributed by atoms with Crippen molar-refractivity contribution in [2.75, 3.05) is 0 Å². The van der Waals surface area contributed by atoms with E-state index in [9.17, 15) is 4.39 Å². The van der Waals surface area contributed by atoms with Crippen LogP contribution in [0.1, 0.15) is 5.56 Å². The first-order valence-electron chi connectivity index (χ1n) is 4.74. The van der Waals surface area contributed by atoms with Gasteiger partial charge in [0.1, 0.15) is 5.82 Å². The van der Waals surface area contributed by atoms with E-state index in [0.717, 1.165) is 9.79 Å². The second-order valence-electron chi connectivity index (χ2n) is 3.37. The van der Waals surface area contributed by atoms with Crippen LogP contribution in [0.15, 0.2) is 58.3 Å². The highest BCUT2D eigenvalue weighted by molar-refractivity contribution is 7.99. The highest BCUT2D eigenvalue weighted by atomic mass is 32.2. The van der Waals surface area contributed by atoms with Crippen LogP contribution in [0.25, 0.3) is 0 Å². The van der Waals surface area contributed by atoms with Crippen molar-refractivity contribution in [2.45, 2.75) is 16.7 Å². The average Bonchev–Trinajstić information content (AvgIpc) is 2.22. The van der Waals surface area contributed by atoms with Crippen LogP contribution in [0, 0.1) is 12.7 Å². The Labute approximate surface area is 93.1 Å². The predicted octanol–water partition coefficient (Wildman–Crippen LogP) is 4.29. The van der Waals surface area contributed by atoms with Crippen LogP contribution < -0.4 is 0 Å². The molecular weight excluding hydrogens is 207 g/mol.